The zero-order chi connectivity index (χ0) is 18.2. The van der Waals surface area contributed by atoms with Crippen LogP contribution in [0.15, 0.2) is 60.0 Å². The summed E-state index contributed by atoms with van der Waals surface area (Å²) in [4.78, 5) is 9.53. The third-order valence-corrected chi connectivity index (χ3v) is 5.34. The normalized spacial score (nSPS) is 12.3. The van der Waals surface area contributed by atoms with Crippen LogP contribution >= 0.6 is 11.3 Å². The maximum absolute atomic E-state index is 5.56. The Bertz CT molecular complexity index is 1090. The van der Waals surface area contributed by atoms with Crippen LogP contribution in [-0.4, -0.2) is 23.9 Å². The highest BCUT2D eigenvalue weighted by Gasteiger charge is 2.23. The predicted molar refractivity (Wildman–Crippen MR) is 105 cm³/mol. The fourth-order valence-electron chi connectivity index (χ4n) is 3.18. The number of methoxy groups -OCH3 is 1. The lowest BCUT2D eigenvalue weighted by Gasteiger charge is -2.06. The van der Waals surface area contributed by atoms with Gasteiger partial charge in [0.05, 0.1) is 23.4 Å². The molecule has 0 fully saturated rings. The molecule has 27 heavy (non-hydrogen) atoms. The number of ether oxygens (including phenoxy) is 3. The van der Waals surface area contributed by atoms with E-state index in [-0.39, 0.29) is 6.79 Å². The van der Waals surface area contributed by atoms with Crippen molar-refractivity contribution in [2.24, 2.45) is 0 Å². The zero-order valence-corrected chi connectivity index (χ0v) is 15.4. The Morgan fingerprint density at radius 3 is 2.70 bits per heavy atom. The Morgan fingerprint density at radius 1 is 1.04 bits per heavy atom. The first-order valence-corrected chi connectivity index (χ1v) is 9.39. The Hall–Kier alpha value is -3.25. The Labute approximate surface area is 160 Å². The smallest absolute Gasteiger partial charge is 0.231 e. The SMILES string of the molecule is COc1cc(-c2nc(-c3ccccc3)c(-c3cccs3)[nH]2)cc2c1OCO2. The van der Waals surface area contributed by atoms with Gasteiger partial charge in [0.25, 0.3) is 0 Å². The quantitative estimate of drug-likeness (QED) is 0.531. The standard InChI is InChI=1S/C21H16N2O3S/c1-24-15-10-14(11-16-20(15)26-12-25-16)21-22-18(13-6-3-2-4-7-13)19(23-21)17-8-5-9-27-17/h2-11H,12H2,1H3,(H,22,23). The van der Waals surface area contributed by atoms with Gasteiger partial charge in [-0.2, -0.15) is 0 Å². The van der Waals surface area contributed by atoms with Crippen LogP contribution in [0.2, 0.25) is 0 Å². The molecule has 0 bridgehead atoms. The van der Waals surface area contributed by atoms with Crippen molar-refractivity contribution in [3.63, 3.8) is 0 Å². The summed E-state index contributed by atoms with van der Waals surface area (Å²) < 4.78 is 16.5. The monoisotopic (exact) mass is 376 g/mol. The fourth-order valence-corrected chi connectivity index (χ4v) is 3.91. The number of nitrogens with one attached hydrogen (secondary N) is 1. The number of imidazole rings is 1. The summed E-state index contributed by atoms with van der Waals surface area (Å²) in [7, 11) is 1.62. The van der Waals surface area contributed by atoms with Crippen molar-refractivity contribution in [3.8, 4) is 50.5 Å². The van der Waals surface area contributed by atoms with Gasteiger partial charge in [-0.3, -0.25) is 0 Å². The van der Waals surface area contributed by atoms with Gasteiger partial charge in [-0.1, -0.05) is 36.4 Å². The molecule has 2 aromatic carbocycles. The molecular weight excluding hydrogens is 360 g/mol. The number of fused-ring (bicyclic) bond motifs is 1. The first kappa shape index (κ1) is 16.0. The minimum atomic E-state index is 0.197. The third-order valence-electron chi connectivity index (χ3n) is 4.45. The molecule has 2 aromatic heterocycles. The number of rotatable bonds is 4. The van der Waals surface area contributed by atoms with E-state index in [9.17, 15) is 0 Å². The largest absolute Gasteiger partial charge is 0.493 e. The van der Waals surface area contributed by atoms with Gasteiger partial charge in [-0.15, -0.1) is 11.3 Å². The summed E-state index contributed by atoms with van der Waals surface area (Å²) in [6, 6.07) is 18.2. The fraction of sp³-hybridized carbons (Fsp3) is 0.0952. The Kier molecular flexibility index (Phi) is 3.83. The van der Waals surface area contributed by atoms with Crippen molar-refractivity contribution in [3.05, 3.63) is 60.0 Å². The van der Waals surface area contributed by atoms with Crippen LogP contribution in [0.1, 0.15) is 0 Å². The molecule has 5 rings (SSSR count). The van der Waals surface area contributed by atoms with Crippen LogP contribution in [-0.2, 0) is 0 Å². The number of aromatic amines is 1. The van der Waals surface area contributed by atoms with Gasteiger partial charge >= 0.3 is 0 Å². The summed E-state index contributed by atoms with van der Waals surface area (Å²) >= 11 is 1.68. The van der Waals surface area contributed by atoms with Gasteiger partial charge in [0, 0.05) is 11.1 Å². The number of hydrogen-bond acceptors (Lipinski definition) is 5. The van der Waals surface area contributed by atoms with E-state index >= 15 is 0 Å². The van der Waals surface area contributed by atoms with Crippen LogP contribution in [0.5, 0.6) is 17.2 Å². The van der Waals surface area contributed by atoms with E-state index in [4.69, 9.17) is 19.2 Å². The molecule has 0 spiro atoms. The second kappa shape index (κ2) is 6.48. The number of aromatic nitrogens is 2. The highest BCUT2D eigenvalue weighted by Crippen LogP contribution is 2.44. The number of hydrogen-bond donors (Lipinski definition) is 1. The molecule has 0 unspecified atom stereocenters. The predicted octanol–water partition coefficient (Wildman–Crippen LogP) is 5.21. The molecule has 0 saturated heterocycles. The van der Waals surface area contributed by atoms with E-state index < -0.39 is 0 Å². The van der Waals surface area contributed by atoms with E-state index in [1.165, 1.54) is 0 Å². The van der Waals surface area contributed by atoms with Crippen molar-refractivity contribution >= 4 is 11.3 Å². The van der Waals surface area contributed by atoms with Gasteiger partial charge in [0.15, 0.2) is 11.5 Å². The van der Waals surface area contributed by atoms with Crippen molar-refractivity contribution in [2.45, 2.75) is 0 Å². The molecule has 6 heteroatoms. The van der Waals surface area contributed by atoms with E-state index in [0.29, 0.717) is 17.2 Å². The molecule has 0 saturated carbocycles. The van der Waals surface area contributed by atoms with E-state index in [2.05, 4.69) is 28.6 Å². The van der Waals surface area contributed by atoms with Crippen LogP contribution in [0.3, 0.4) is 0 Å². The number of H-pyrrole nitrogens is 1. The molecule has 0 amide bonds. The van der Waals surface area contributed by atoms with Crippen molar-refractivity contribution < 1.29 is 14.2 Å². The average molecular weight is 376 g/mol. The van der Waals surface area contributed by atoms with Crippen molar-refractivity contribution in [1.29, 1.82) is 0 Å². The Morgan fingerprint density at radius 2 is 1.93 bits per heavy atom. The van der Waals surface area contributed by atoms with E-state index in [0.717, 1.165) is 33.2 Å². The third kappa shape index (κ3) is 2.74. The van der Waals surface area contributed by atoms with Crippen molar-refractivity contribution in [2.75, 3.05) is 13.9 Å². The summed E-state index contributed by atoms with van der Waals surface area (Å²) in [6.07, 6.45) is 0. The van der Waals surface area contributed by atoms with Gasteiger partial charge in [-0.05, 0) is 23.6 Å². The second-order valence-corrected chi connectivity index (χ2v) is 7.01. The molecule has 0 aliphatic carbocycles. The molecule has 1 aliphatic rings. The molecule has 4 aromatic rings. The molecule has 0 atom stereocenters. The van der Waals surface area contributed by atoms with E-state index in [1.807, 2.05) is 36.4 Å². The average Bonchev–Trinajstić information content (AvgIpc) is 3.47. The zero-order valence-electron chi connectivity index (χ0n) is 14.6. The highest BCUT2D eigenvalue weighted by molar-refractivity contribution is 7.13. The summed E-state index contributed by atoms with van der Waals surface area (Å²) in [5, 5.41) is 2.06. The minimum absolute atomic E-state index is 0.197. The topological polar surface area (TPSA) is 56.4 Å². The molecule has 3 heterocycles. The van der Waals surface area contributed by atoms with Gasteiger partial charge in [-0.25, -0.2) is 4.98 Å². The van der Waals surface area contributed by atoms with Crippen LogP contribution in [0.4, 0.5) is 0 Å². The summed E-state index contributed by atoms with van der Waals surface area (Å²) in [6.45, 7) is 0.197. The maximum atomic E-state index is 5.56. The van der Waals surface area contributed by atoms with Crippen molar-refractivity contribution in [1.82, 2.24) is 9.97 Å². The Balaban J connectivity index is 1.68. The lowest BCUT2D eigenvalue weighted by atomic mass is 10.1. The number of benzene rings is 2. The van der Waals surface area contributed by atoms with E-state index in [1.54, 1.807) is 18.4 Å². The van der Waals surface area contributed by atoms with Gasteiger partial charge in [0.2, 0.25) is 12.5 Å². The molecule has 134 valence electrons. The van der Waals surface area contributed by atoms with Gasteiger partial charge < -0.3 is 19.2 Å². The highest BCUT2D eigenvalue weighted by atomic mass is 32.1. The molecular formula is C21H16N2O3S. The summed E-state index contributed by atoms with van der Waals surface area (Å²) in [5.74, 6) is 2.69. The lowest BCUT2D eigenvalue weighted by Crippen LogP contribution is -1.93. The maximum Gasteiger partial charge on any atom is 0.231 e. The van der Waals surface area contributed by atoms with Crippen LogP contribution < -0.4 is 14.2 Å². The van der Waals surface area contributed by atoms with Crippen LogP contribution in [0, 0.1) is 0 Å². The van der Waals surface area contributed by atoms with Gasteiger partial charge in [0.1, 0.15) is 5.82 Å². The first-order chi connectivity index (χ1) is 13.3. The molecule has 1 aliphatic heterocycles. The molecule has 0 radical (unpaired) electrons. The van der Waals surface area contributed by atoms with Crippen LogP contribution in [0.25, 0.3) is 33.2 Å². The molecule has 1 N–H and O–H groups in total. The lowest BCUT2D eigenvalue weighted by molar-refractivity contribution is 0.171. The summed E-state index contributed by atoms with van der Waals surface area (Å²) in [5.41, 5.74) is 3.87. The number of thiophene rings is 1. The first-order valence-electron chi connectivity index (χ1n) is 8.51. The molecule has 5 nitrogen and oxygen atoms in total. The minimum Gasteiger partial charge on any atom is -0.493 e. The number of nitrogens with zero attached hydrogens (tertiary/aromatic N) is 1. The second-order valence-electron chi connectivity index (χ2n) is 6.06.